The number of halogens is 3. The van der Waals surface area contributed by atoms with Gasteiger partial charge in [0, 0.05) is 26.0 Å². The Hall–Kier alpha value is -3.26. The minimum absolute atomic E-state index is 0.0478. The Morgan fingerprint density at radius 2 is 1.97 bits per heavy atom. The van der Waals surface area contributed by atoms with Crippen molar-refractivity contribution in [3.8, 4) is 11.4 Å². The molecule has 1 atom stereocenters. The molecule has 1 unspecified atom stereocenters. The molecule has 0 amide bonds. The van der Waals surface area contributed by atoms with E-state index in [2.05, 4.69) is 25.4 Å². The van der Waals surface area contributed by atoms with Crippen LogP contribution in [0.3, 0.4) is 0 Å². The molecule has 4 aromatic rings. The SMILES string of the molecule is CCS(=O)(=O)c1nn2c(NCC(C)O)ccnc2c1-c1nc2cc(C(F)(F)F)cnc2n1C. The van der Waals surface area contributed by atoms with Gasteiger partial charge < -0.3 is 15.0 Å². The van der Waals surface area contributed by atoms with Gasteiger partial charge in [-0.25, -0.2) is 23.4 Å². The molecule has 0 aliphatic rings. The zero-order valence-corrected chi connectivity index (χ0v) is 18.6. The van der Waals surface area contributed by atoms with Crippen molar-refractivity contribution in [1.29, 1.82) is 0 Å². The maximum absolute atomic E-state index is 13.1. The number of pyridine rings is 1. The predicted molar refractivity (Wildman–Crippen MR) is 113 cm³/mol. The third-order valence-corrected chi connectivity index (χ3v) is 6.63. The molecule has 0 radical (unpaired) electrons. The second-order valence-electron chi connectivity index (χ2n) is 7.44. The third kappa shape index (κ3) is 3.99. The van der Waals surface area contributed by atoms with E-state index in [0.29, 0.717) is 12.0 Å². The topological polar surface area (TPSA) is 127 Å². The molecular formula is C19H20F3N7O3S. The molecule has 0 aromatic carbocycles. The summed E-state index contributed by atoms with van der Waals surface area (Å²) in [5.41, 5.74) is -0.701. The number of rotatable bonds is 6. The lowest BCUT2D eigenvalue weighted by molar-refractivity contribution is -0.137. The molecule has 4 rings (SSSR count). The largest absolute Gasteiger partial charge is 0.417 e. The summed E-state index contributed by atoms with van der Waals surface area (Å²) in [4.78, 5) is 12.4. The first kappa shape index (κ1) is 22.9. The molecule has 4 heterocycles. The van der Waals surface area contributed by atoms with Crippen molar-refractivity contribution in [2.45, 2.75) is 31.2 Å². The first-order valence-corrected chi connectivity index (χ1v) is 11.5. The average Bonchev–Trinajstić information content (AvgIpc) is 3.30. The molecule has 33 heavy (non-hydrogen) atoms. The summed E-state index contributed by atoms with van der Waals surface area (Å²) in [7, 11) is -2.36. The number of aliphatic hydroxyl groups excluding tert-OH is 1. The van der Waals surface area contributed by atoms with E-state index in [4.69, 9.17) is 0 Å². The first-order valence-electron chi connectivity index (χ1n) is 9.86. The molecule has 0 aliphatic heterocycles. The lowest BCUT2D eigenvalue weighted by atomic mass is 10.2. The van der Waals surface area contributed by atoms with Gasteiger partial charge in [-0.2, -0.15) is 22.8 Å². The summed E-state index contributed by atoms with van der Waals surface area (Å²) in [6.45, 7) is 3.20. The first-order chi connectivity index (χ1) is 15.4. The Labute approximate surface area is 186 Å². The van der Waals surface area contributed by atoms with Crippen LogP contribution in [0.25, 0.3) is 28.2 Å². The van der Waals surface area contributed by atoms with Crippen LogP contribution < -0.4 is 5.32 Å². The number of nitrogens with one attached hydrogen (secondary N) is 1. The highest BCUT2D eigenvalue weighted by atomic mass is 32.2. The number of aromatic nitrogens is 6. The summed E-state index contributed by atoms with van der Waals surface area (Å²) in [5.74, 6) is 0.163. The molecule has 0 saturated heterocycles. The van der Waals surface area contributed by atoms with Crippen LogP contribution in [0, 0.1) is 0 Å². The quantitative estimate of drug-likeness (QED) is 0.428. The zero-order valence-electron chi connectivity index (χ0n) is 17.8. The number of aliphatic hydroxyl groups is 1. The second kappa shape index (κ2) is 7.95. The summed E-state index contributed by atoms with van der Waals surface area (Å²) < 4.78 is 67.9. The molecule has 176 valence electrons. The lowest BCUT2D eigenvalue weighted by Gasteiger charge is -2.09. The van der Waals surface area contributed by atoms with Gasteiger partial charge in [0.25, 0.3) is 0 Å². The second-order valence-corrected chi connectivity index (χ2v) is 9.63. The monoisotopic (exact) mass is 483 g/mol. The van der Waals surface area contributed by atoms with Crippen molar-refractivity contribution in [2.24, 2.45) is 7.05 Å². The predicted octanol–water partition coefficient (Wildman–Crippen LogP) is 2.28. The standard InChI is InChI=1S/C19H20F3N7O3S/c1-4-33(31,32)18-14(16-23-6-5-13(29(16)27-18)24-8-10(2)30)17-26-12-7-11(19(20,21)22)9-25-15(12)28(17)3/h5-7,9-10,24,30H,4,8H2,1-3H3. The van der Waals surface area contributed by atoms with Gasteiger partial charge in [-0.3, -0.25) is 0 Å². The van der Waals surface area contributed by atoms with E-state index >= 15 is 0 Å². The number of imidazole rings is 1. The van der Waals surface area contributed by atoms with Crippen LogP contribution in [0.5, 0.6) is 0 Å². The molecule has 2 N–H and O–H groups in total. The molecule has 10 nitrogen and oxygen atoms in total. The fourth-order valence-corrected chi connectivity index (χ4v) is 4.29. The summed E-state index contributed by atoms with van der Waals surface area (Å²) in [6, 6.07) is 2.41. The van der Waals surface area contributed by atoms with Crippen molar-refractivity contribution in [2.75, 3.05) is 17.6 Å². The van der Waals surface area contributed by atoms with Crippen molar-refractivity contribution >= 4 is 32.5 Å². The maximum Gasteiger partial charge on any atom is 0.417 e. The Bertz CT molecular complexity index is 1460. The number of fused-ring (bicyclic) bond motifs is 2. The lowest BCUT2D eigenvalue weighted by Crippen LogP contribution is -2.17. The fraction of sp³-hybridized carbons (Fsp3) is 0.368. The van der Waals surface area contributed by atoms with E-state index in [1.165, 1.54) is 29.3 Å². The van der Waals surface area contributed by atoms with Crippen molar-refractivity contribution in [3.05, 3.63) is 30.1 Å². The maximum atomic E-state index is 13.1. The minimum Gasteiger partial charge on any atom is -0.392 e. The van der Waals surface area contributed by atoms with Crippen molar-refractivity contribution in [1.82, 2.24) is 29.1 Å². The Kier molecular flexibility index (Phi) is 5.52. The molecule has 0 spiro atoms. The Morgan fingerprint density at radius 3 is 2.61 bits per heavy atom. The third-order valence-electron chi connectivity index (χ3n) is 5.00. The Balaban J connectivity index is 2.02. The number of sulfone groups is 1. The number of alkyl halides is 3. The van der Waals surface area contributed by atoms with Gasteiger partial charge in [0.15, 0.2) is 26.2 Å². The van der Waals surface area contributed by atoms with Gasteiger partial charge in [-0.15, -0.1) is 0 Å². The van der Waals surface area contributed by atoms with Gasteiger partial charge in [0.2, 0.25) is 0 Å². The van der Waals surface area contributed by atoms with E-state index in [9.17, 15) is 26.7 Å². The molecular weight excluding hydrogens is 463 g/mol. The number of aryl methyl sites for hydroxylation is 1. The highest BCUT2D eigenvalue weighted by molar-refractivity contribution is 7.91. The van der Waals surface area contributed by atoms with Gasteiger partial charge in [-0.05, 0) is 19.1 Å². The van der Waals surface area contributed by atoms with Crippen LogP contribution >= 0.6 is 0 Å². The van der Waals surface area contributed by atoms with Gasteiger partial charge in [0.05, 0.1) is 17.4 Å². The summed E-state index contributed by atoms with van der Waals surface area (Å²) in [5, 5.41) is 16.5. The van der Waals surface area contributed by atoms with Gasteiger partial charge >= 0.3 is 6.18 Å². The van der Waals surface area contributed by atoms with Crippen LogP contribution in [0.4, 0.5) is 19.0 Å². The zero-order chi connectivity index (χ0) is 24.1. The smallest absolute Gasteiger partial charge is 0.392 e. The van der Waals surface area contributed by atoms with E-state index < -0.39 is 27.7 Å². The molecule has 4 aromatic heterocycles. The highest BCUT2D eigenvalue weighted by Crippen LogP contribution is 2.35. The van der Waals surface area contributed by atoms with Crippen LogP contribution in [0.1, 0.15) is 19.4 Å². The van der Waals surface area contributed by atoms with E-state index in [-0.39, 0.29) is 45.5 Å². The molecule has 0 bridgehead atoms. The fourth-order valence-electron chi connectivity index (χ4n) is 3.32. The van der Waals surface area contributed by atoms with Gasteiger partial charge in [-0.1, -0.05) is 6.92 Å². The number of anilines is 1. The minimum atomic E-state index is -4.61. The van der Waals surface area contributed by atoms with Crippen LogP contribution in [-0.2, 0) is 23.1 Å². The molecule has 0 fully saturated rings. The van der Waals surface area contributed by atoms with E-state index in [1.807, 2.05) is 0 Å². The summed E-state index contributed by atoms with van der Waals surface area (Å²) >= 11 is 0. The normalized spacial score (nSPS) is 13.7. The molecule has 14 heteroatoms. The van der Waals surface area contributed by atoms with Crippen LogP contribution in [0.15, 0.2) is 29.6 Å². The highest BCUT2D eigenvalue weighted by Gasteiger charge is 2.33. The van der Waals surface area contributed by atoms with E-state index in [1.54, 1.807) is 13.0 Å². The molecule has 0 saturated carbocycles. The average molecular weight is 483 g/mol. The van der Waals surface area contributed by atoms with Crippen LogP contribution in [0.2, 0.25) is 0 Å². The van der Waals surface area contributed by atoms with Gasteiger partial charge in [0.1, 0.15) is 22.7 Å². The van der Waals surface area contributed by atoms with E-state index in [0.717, 1.165) is 6.07 Å². The number of hydrogen-bond acceptors (Lipinski definition) is 8. The van der Waals surface area contributed by atoms with Crippen molar-refractivity contribution in [3.63, 3.8) is 0 Å². The summed E-state index contributed by atoms with van der Waals surface area (Å²) in [6.07, 6.45) is -3.16. The van der Waals surface area contributed by atoms with Crippen molar-refractivity contribution < 1.29 is 26.7 Å². The Morgan fingerprint density at radius 1 is 1.24 bits per heavy atom. The van der Waals surface area contributed by atoms with Crippen LogP contribution in [-0.4, -0.2) is 61.1 Å². The number of nitrogens with zero attached hydrogens (tertiary/aromatic N) is 6. The molecule has 0 aliphatic carbocycles. The number of hydrogen-bond donors (Lipinski definition) is 2.